The lowest BCUT2D eigenvalue weighted by Crippen LogP contribution is -2.45. The molecule has 2 fully saturated rings. The number of nitrogens with two attached hydrogens (primary N) is 1. The van der Waals surface area contributed by atoms with Crippen LogP contribution in [0, 0.1) is 10.8 Å². The van der Waals surface area contributed by atoms with E-state index in [0.29, 0.717) is 19.5 Å². The summed E-state index contributed by atoms with van der Waals surface area (Å²) in [6.07, 6.45) is 9.00. The van der Waals surface area contributed by atoms with Crippen molar-refractivity contribution in [2.24, 2.45) is 16.6 Å². The zero-order valence-corrected chi connectivity index (χ0v) is 12.8. The number of carboxylic acid groups (broad SMARTS) is 1. The number of hydrogen-bond acceptors (Lipinski definition) is 3. The fourth-order valence-electron chi connectivity index (χ4n) is 3.86. The molecule has 1 amide bonds. The van der Waals surface area contributed by atoms with Gasteiger partial charge in [0, 0.05) is 13.0 Å². The SMILES string of the molecule is NCC1(CC(=O)NCC2(CC(=O)O)CCCCC2)CCC1. The van der Waals surface area contributed by atoms with Gasteiger partial charge < -0.3 is 16.2 Å². The lowest BCUT2D eigenvalue weighted by molar-refractivity contribution is -0.141. The van der Waals surface area contributed by atoms with Gasteiger partial charge in [-0.05, 0) is 43.1 Å². The smallest absolute Gasteiger partial charge is 0.303 e. The second-order valence-corrected chi connectivity index (χ2v) is 7.14. The first-order valence-electron chi connectivity index (χ1n) is 8.18. The van der Waals surface area contributed by atoms with Crippen molar-refractivity contribution in [1.29, 1.82) is 0 Å². The van der Waals surface area contributed by atoms with E-state index in [1.807, 2.05) is 0 Å². The number of carboxylic acids is 1. The molecule has 5 nitrogen and oxygen atoms in total. The predicted octanol–water partition coefficient (Wildman–Crippen LogP) is 2.05. The molecule has 2 aliphatic carbocycles. The Labute approximate surface area is 126 Å². The number of nitrogens with one attached hydrogen (secondary N) is 1. The van der Waals surface area contributed by atoms with E-state index in [0.717, 1.165) is 44.9 Å². The molecule has 0 aliphatic heterocycles. The third-order valence-electron chi connectivity index (χ3n) is 5.48. The molecule has 120 valence electrons. The van der Waals surface area contributed by atoms with Gasteiger partial charge in [0.25, 0.3) is 0 Å². The van der Waals surface area contributed by atoms with E-state index in [1.165, 1.54) is 6.42 Å². The molecular weight excluding hydrogens is 268 g/mol. The Bertz CT molecular complexity index is 379. The normalized spacial score (nSPS) is 23.1. The van der Waals surface area contributed by atoms with E-state index in [9.17, 15) is 9.59 Å². The van der Waals surface area contributed by atoms with Crippen molar-refractivity contribution in [3.63, 3.8) is 0 Å². The van der Waals surface area contributed by atoms with Crippen molar-refractivity contribution in [3.05, 3.63) is 0 Å². The molecule has 0 atom stereocenters. The molecule has 0 unspecified atom stereocenters. The summed E-state index contributed by atoms with van der Waals surface area (Å²) in [6, 6.07) is 0. The van der Waals surface area contributed by atoms with E-state index in [4.69, 9.17) is 10.8 Å². The Morgan fingerprint density at radius 2 is 1.57 bits per heavy atom. The maximum Gasteiger partial charge on any atom is 0.303 e. The summed E-state index contributed by atoms with van der Waals surface area (Å²) in [7, 11) is 0. The van der Waals surface area contributed by atoms with E-state index in [1.54, 1.807) is 0 Å². The maximum atomic E-state index is 12.2. The van der Waals surface area contributed by atoms with Crippen molar-refractivity contribution >= 4 is 11.9 Å². The third kappa shape index (κ3) is 4.19. The summed E-state index contributed by atoms with van der Waals surface area (Å²) in [5, 5.41) is 12.1. The Morgan fingerprint density at radius 3 is 2.05 bits per heavy atom. The molecule has 0 aromatic heterocycles. The van der Waals surface area contributed by atoms with Crippen molar-refractivity contribution in [3.8, 4) is 0 Å². The van der Waals surface area contributed by atoms with Crippen LogP contribution in [0.25, 0.3) is 0 Å². The largest absolute Gasteiger partial charge is 0.481 e. The van der Waals surface area contributed by atoms with Crippen LogP contribution in [0.3, 0.4) is 0 Å². The number of carbonyl (C=O) groups excluding carboxylic acids is 1. The molecule has 21 heavy (non-hydrogen) atoms. The number of carbonyl (C=O) groups is 2. The summed E-state index contributed by atoms with van der Waals surface area (Å²) >= 11 is 0. The molecule has 0 radical (unpaired) electrons. The van der Waals surface area contributed by atoms with Crippen LogP contribution in [0.1, 0.15) is 64.2 Å². The minimum absolute atomic E-state index is 0.0105. The number of aliphatic carboxylic acids is 1. The second kappa shape index (κ2) is 6.77. The Morgan fingerprint density at radius 1 is 0.952 bits per heavy atom. The van der Waals surface area contributed by atoms with Crippen LogP contribution in [0.2, 0.25) is 0 Å². The van der Waals surface area contributed by atoms with Gasteiger partial charge in [0.1, 0.15) is 0 Å². The van der Waals surface area contributed by atoms with Crippen molar-refractivity contribution in [2.45, 2.75) is 64.2 Å². The molecule has 2 saturated carbocycles. The third-order valence-corrected chi connectivity index (χ3v) is 5.48. The summed E-state index contributed by atoms with van der Waals surface area (Å²) in [4.78, 5) is 23.3. The topological polar surface area (TPSA) is 92.4 Å². The van der Waals surface area contributed by atoms with Crippen LogP contribution >= 0.6 is 0 Å². The molecule has 4 N–H and O–H groups in total. The minimum Gasteiger partial charge on any atom is -0.481 e. The van der Waals surface area contributed by atoms with E-state index in [-0.39, 0.29) is 23.2 Å². The Balaban J connectivity index is 1.86. The average molecular weight is 296 g/mol. The van der Waals surface area contributed by atoms with Crippen molar-refractivity contribution < 1.29 is 14.7 Å². The standard InChI is InChI=1S/C16H28N2O3/c17-11-15(7-4-8-15)9-13(19)18-12-16(10-14(20)21)5-2-1-3-6-16/h1-12,17H2,(H,18,19)(H,20,21). The van der Waals surface area contributed by atoms with Crippen LogP contribution in [-0.4, -0.2) is 30.1 Å². The number of rotatable bonds is 7. The predicted molar refractivity (Wildman–Crippen MR) is 80.7 cm³/mol. The van der Waals surface area contributed by atoms with Gasteiger partial charge in [0.2, 0.25) is 5.91 Å². The first-order chi connectivity index (χ1) is 9.99. The molecular formula is C16H28N2O3. The first-order valence-corrected chi connectivity index (χ1v) is 8.18. The van der Waals surface area contributed by atoms with Gasteiger partial charge in [0.15, 0.2) is 0 Å². The van der Waals surface area contributed by atoms with Crippen LogP contribution in [0.15, 0.2) is 0 Å². The lowest BCUT2D eigenvalue weighted by Gasteiger charge is -2.41. The zero-order chi connectivity index (χ0) is 15.3. The van der Waals surface area contributed by atoms with Gasteiger partial charge in [-0.3, -0.25) is 9.59 Å². The summed E-state index contributed by atoms with van der Waals surface area (Å²) in [5.41, 5.74) is 5.56. The molecule has 0 aromatic rings. The zero-order valence-electron chi connectivity index (χ0n) is 12.8. The van der Waals surface area contributed by atoms with E-state index in [2.05, 4.69) is 5.32 Å². The molecule has 0 saturated heterocycles. The molecule has 2 rings (SSSR count). The van der Waals surface area contributed by atoms with Gasteiger partial charge in [-0.1, -0.05) is 25.7 Å². The monoisotopic (exact) mass is 296 g/mol. The Kier molecular flexibility index (Phi) is 5.25. The van der Waals surface area contributed by atoms with Gasteiger partial charge in [-0.15, -0.1) is 0 Å². The summed E-state index contributed by atoms with van der Waals surface area (Å²) < 4.78 is 0. The highest BCUT2D eigenvalue weighted by atomic mass is 16.4. The summed E-state index contributed by atoms with van der Waals surface area (Å²) in [5.74, 6) is -0.723. The molecule has 0 bridgehead atoms. The van der Waals surface area contributed by atoms with Gasteiger partial charge in [0.05, 0.1) is 6.42 Å². The molecule has 5 heteroatoms. The Hall–Kier alpha value is -1.10. The highest BCUT2D eigenvalue weighted by Crippen LogP contribution is 2.43. The van der Waals surface area contributed by atoms with Gasteiger partial charge >= 0.3 is 5.97 Å². The minimum atomic E-state index is -0.761. The fraction of sp³-hybridized carbons (Fsp3) is 0.875. The van der Waals surface area contributed by atoms with Crippen LogP contribution in [0.5, 0.6) is 0 Å². The van der Waals surface area contributed by atoms with Crippen molar-refractivity contribution in [1.82, 2.24) is 5.32 Å². The summed E-state index contributed by atoms with van der Waals surface area (Å²) in [6.45, 7) is 1.07. The average Bonchev–Trinajstić information content (AvgIpc) is 2.41. The highest BCUT2D eigenvalue weighted by molar-refractivity contribution is 5.77. The molecule has 0 spiro atoms. The molecule has 2 aliphatic rings. The van der Waals surface area contributed by atoms with E-state index < -0.39 is 5.97 Å². The van der Waals surface area contributed by atoms with Crippen molar-refractivity contribution in [2.75, 3.05) is 13.1 Å². The number of hydrogen-bond donors (Lipinski definition) is 3. The van der Waals surface area contributed by atoms with Crippen LogP contribution < -0.4 is 11.1 Å². The van der Waals surface area contributed by atoms with Crippen LogP contribution in [-0.2, 0) is 9.59 Å². The van der Waals surface area contributed by atoms with Gasteiger partial charge in [-0.25, -0.2) is 0 Å². The maximum absolute atomic E-state index is 12.2. The molecule has 0 aromatic carbocycles. The highest BCUT2D eigenvalue weighted by Gasteiger charge is 2.39. The van der Waals surface area contributed by atoms with E-state index >= 15 is 0 Å². The second-order valence-electron chi connectivity index (χ2n) is 7.14. The lowest BCUT2D eigenvalue weighted by atomic mass is 9.66. The molecule has 0 heterocycles. The van der Waals surface area contributed by atoms with Gasteiger partial charge in [-0.2, -0.15) is 0 Å². The first kappa shape index (κ1) is 16.3. The fourth-order valence-corrected chi connectivity index (χ4v) is 3.86. The van der Waals surface area contributed by atoms with Crippen LogP contribution in [0.4, 0.5) is 0 Å². The number of amides is 1. The quantitative estimate of drug-likeness (QED) is 0.670.